The smallest absolute Gasteiger partial charge is 0.237 e. The second kappa shape index (κ2) is 7.60. The van der Waals surface area contributed by atoms with Crippen LogP contribution in [0.1, 0.15) is 58.6 Å². The molecule has 118 valence electrons. The molecule has 1 unspecified atom stereocenters. The molecule has 1 atom stereocenters. The summed E-state index contributed by atoms with van der Waals surface area (Å²) in [5, 5.41) is 6.26. The van der Waals surface area contributed by atoms with E-state index in [0.717, 1.165) is 13.0 Å². The number of amides is 1. The Balaban J connectivity index is 2.37. The van der Waals surface area contributed by atoms with E-state index in [4.69, 9.17) is 0 Å². The van der Waals surface area contributed by atoms with E-state index in [1.807, 2.05) is 27.7 Å². The molecule has 0 saturated carbocycles. The summed E-state index contributed by atoms with van der Waals surface area (Å²) in [4.78, 5) is 11.9. The molecule has 21 heavy (non-hydrogen) atoms. The largest absolute Gasteiger partial charge is 0.350 e. The molecule has 0 fully saturated rings. The zero-order chi connectivity index (χ0) is 16.0. The highest BCUT2D eigenvalue weighted by Crippen LogP contribution is 2.14. The minimum absolute atomic E-state index is 0.0534. The lowest BCUT2D eigenvalue weighted by Crippen LogP contribution is -2.49. The van der Waals surface area contributed by atoms with Crippen LogP contribution in [0.4, 0.5) is 0 Å². The molecule has 0 spiro atoms. The summed E-state index contributed by atoms with van der Waals surface area (Å²) in [6.45, 7) is 13.1. The predicted molar refractivity (Wildman–Crippen MR) is 89.6 cm³/mol. The van der Waals surface area contributed by atoms with Crippen molar-refractivity contribution in [3.8, 4) is 0 Å². The fraction of sp³-hybridized carbons (Fsp3) is 0.611. The molecule has 0 heterocycles. The Morgan fingerprint density at radius 1 is 1.10 bits per heavy atom. The minimum Gasteiger partial charge on any atom is -0.350 e. The quantitative estimate of drug-likeness (QED) is 0.844. The first-order chi connectivity index (χ1) is 9.69. The number of carbonyl (C=O) groups excluding carboxylic acids is 1. The number of benzene rings is 1. The number of hydrogen-bond acceptors (Lipinski definition) is 2. The standard InChI is InChI=1S/C18H30N2O/c1-13(2)16-9-7-15(8-10-16)11-12-19-14(3)17(21)20-18(4,5)6/h7-10,13-14,19H,11-12H2,1-6H3,(H,20,21). The first-order valence-corrected chi connectivity index (χ1v) is 7.83. The van der Waals surface area contributed by atoms with Crippen molar-refractivity contribution in [3.05, 3.63) is 35.4 Å². The number of hydrogen-bond donors (Lipinski definition) is 2. The van der Waals surface area contributed by atoms with Crippen molar-refractivity contribution in [1.29, 1.82) is 0 Å². The molecule has 2 N–H and O–H groups in total. The van der Waals surface area contributed by atoms with Crippen LogP contribution in [0.15, 0.2) is 24.3 Å². The van der Waals surface area contributed by atoms with E-state index in [1.54, 1.807) is 0 Å². The molecule has 1 rings (SSSR count). The van der Waals surface area contributed by atoms with Crippen LogP contribution in [0.5, 0.6) is 0 Å². The molecule has 0 aliphatic carbocycles. The van der Waals surface area contributed by atoms with Gasteiger partial charge in [0, 0.05) is 5.54 Å². The Morgan fingerprint density at radius 2 is 1.67 bits per heavy atom. The number of nitrogens with one attached hydrogen (secondary N) is 2. The highest BCUT2D eigenvalue weighted by Gasteiger charge is 2.18. The highest BCUT2D eigenvalue weighted by atomic mass is 16.2. The SMILES string of the molecule is CC(NCCc1ccc(C(C)C)cc1)C(=O)NC(C)(C)C. The van der Waals surface area contributed by atoms with Gasteiger partial charge in [-0.15, -0.1) is 0 Å². The van der Waals surface area contributed by atoms with Crippen molar-refractivity contribution in [1.82, 2.24) is 10.6 Å². The van der Waals surface area contributed by atoms with Crippen LogP contribution < -0.4 is 10.6 Å². The van der Waals surface area contributed by atoms with Gasteiger partial charge in [-0.05, 0) is 57.7 Å². The van der Waals surface area contributed by atoms with Gasteiger partial charge in [-0.3, -0.25) is 4.79 Å². The number of rotatable bonds is 6. The Kier molecular flexibility index (Phi) is 6.41. The Bertz CT molecular complexity index is 443. The fourth-order valence-electron chi connectivity index (χ4n) is 2.07. The Morgan fingerprint density at radius 3 is 2.14 bits per heavy atom. The monoisotopic (exact) mass is 290 g/mol. The lowest BCUT2D eigenvalue weighted by Gasteiger charge is -2.23. The van der Waals surface area contributed by atoms with Crippen molar-refractivity contribution in [2.75, 3.05) is 6.54 Å². The summed E-state index contributed by atoms with van der Waals surface area (Å²) < 4.78 is 0. The third kappa shape index (κ3) is 6.76. The zero-order valence-corrected chi connectivity index (χ0v) is 14.3. The van der Waals surface area contributed by atoms with Gasteiger partial charge >= 0.3 is 0 Å². The van der Waals surface area contributed by atoms with E-state index in [2.05, 4.69) is 48.7 Å². The molecular weight excluding hydrogens is 260 g/mol. The molecule has 1 aromatic rings. The van der Waals surface area contributed by atoms with Crippen molar-refractivity contribution >= 4 is 5.91 Å². The zero-order valence-electron chi connectivity index (χ0n) is 14.3. The van der Waals surface area contributed by atoms with Crippen LogP contribution in [0.25, 0.3) is 0 Å². The van der Waals surface area contributed by atoms with E-state index in [0.29, 0.717) is 5.92 Å². The average molecular weight is 290 g/mol. The average Bonchev–Trinajstić information content (AvgIpc) is 2.37. The van der Waals surface area contributed by atoms with Gasteiger partial charge in [0.15, 0.2) is 0 Å². The maximum absolute atomic E-state index is 11.9. The van der Waals surface area contributed by atoms with E-state index < -0.39 is 0 Å². The van der Waals surface area contributed by atoms with Crippen molar-refractivity contribution < 1.29 is 4.79 Å². The summed E-state index contributed by atoms with van der Waals surface area (Å²) >= 11 is 0. The van der Waals surface area contributed by atoms with Gasteiger partial charge in [-0.25, -0.2) is 0 Å². The molecule has 0 aliphatic heterocycles. The van der Waals surface area contributed by atoms with Crippen molar-refractivity contribution in [2.45, 2.75) is 65.5 Å². The summed E-state index contributed by atoms with van der Waals surface area (Å²) in [6.07, 6.45) is 0.936. The molecule has 1 amide bonds. The first kappa shape index (κ1) is 17.7. The molecule has 0 aromatic heterocycles. The van der Waals surface area contributed by atoms with E-state index in [-0.39, 0.29) is 17.5 Å². The van der Waals surface area contributed by atoms with Crippen LogP contribution in [0.3, 0.4) is 0 Å². The molecule has 0 aliphatic rings. The maximum atomic E-state index is 11.9. The summed E-state index contributed by atoms with van der Waals surface area (Å²) in [5.41, 5.74) is 2.49. The van der Waals surface area contributed by atoms with Crippen molar-refractivity contribution in [3.63, 3.8) is 0 Å². The van der Waals surface area contributed by atoms with Crippen LogP contribution in [-0.4, -0.2) is 24.0 Å². The molecule has 0 saturated heterocycles. The topological polar surface area (TPSA) is 41.1 Å². The van der Waals surface area contributed by atoms with Gasteiger partial charge in [0.2, 0.25) is 5.91 Å². The highest BCUT2D eigenvalue weighted by molar-refractivity contribution is 5.81. The molecule has 0 bridgehead atoms. The normalized spacial score (nSPS) is 13.3. The molecular formula is C18H30N2O. The third-order valence-corrected chi connectivity index (χ3v) is 3.40. The van der Waals surface area contributed by atoms with Gasteiger partial charge in [-0.2, -0.15) is 0 Å². The van der Waals surface area contributed by atoms with Gasteiger partial charge in [0.05, 0.1) is 6.04 Å². The van der Waals surface area contributed by atoms with Gasteiger partial charge in [0.1, 0.15) is 0 Å². The van der Waals surface area contributed by atoms with E-state index in [1.165, 1.54) is 11.1 Å². The van der Waals surface area contributed by atoms with Gasteiger partial charge in [0.25, 0.3) is 0 Å². The summed E-state index contributed by atoms with van der Waals surface area (Å²) in [7, 11) is 0. The maximum Gasteiger partial charge on any atom is 0.237 e. The van der Waals surface area contributed by atoms with Gasteiger partial charge < -0.3 is 10.6 Å². The summed E-state index contributed by atoms with van der Waals surface area (Å²) in [6, 6.07) is 8.57. The second-order valence-corrected chi connectivity index (χ2v) is 7.06. The lowest BCUT2D eigenvalue weighted by molar-refractivity contribution is -0.124. The molecule has 0 radical (unpaired) electrons. The Hall–Kier alpha value is -1.35. The molecule has 3 nitrogen and oxygen atoms in total. The fourth-order valence-corrected chi connectivity index (χ4v) is 2.07. The second-order valence-electron chi connectivity index (χ2n) is 7.06. The third-order valence-electron chi connectivity index (χ3n) is 3.40. The van der Waals surface area contributed by atoms with Crippen LogP contribution in [0, 0.1) is 0 Å². The van der Waals surface area contributed by atoms with Crippen LogP contribution >= 0.6 is 0 Å². The predicted octanol–water partition coefficient (Wildman–Crippen LogP) is 3.25. The van der Waals surface area contributed by atoms with Crippen LogP contribution in [0.2, 0.25) is 0 Å². The number of carbonyl (C=O) groups is 1. The lowest BCUT2D eigenvalue weighted by atomic mass is 10.0. The van der Waals surface area contributed by atoms with Crippen LogP contribution in [-0.2, 0) is 11.2 Å². The molecule has 3 heteroatoms. The van der Waals surface area contributed by atoms with E-state index in [9.17, 15) is 4.79 Å². The minimum atomic E-state index is -0.181. The van der Waals surface area contributed by atoms with Gasteiger partial charge in [-0.1, -0.05) is 38.1 Å². The van der Waals surface area contributed by atoms with E-state index >= 15 is 0 Å². The molecule has 1 aromatic carbocycles. The van der Waals surface area contributed by atoms with Crippen molar-refractivity contribution in [2.24, 2.45) is 0 Å². The Labute approximate surface area is 129 Å². The summed E-state index contributed by atoms with van der Waals surface area (Å²) in [5.74, 6) is 0.621. The first-order valence-electron chi connectivity index (χ1n) is 7.83.